The zero-order chi connectivity index (χ0) is 19.9. The zero-order valence-electron chi connectivity index (χ0n) is 16.5. The Bertz CT molecular complexity index is 700. The molecule has 1 fully saturated rings. The lowest BCUT2D eigenvalue weighted by Gasteiger charge is -2.38. The second-order valence-electron chi connectivity index (χ2n) is 8.23. The van der Waals surface area contributed by atoms with E-state index in [4.69, 9.17) is 4.74 Å². The summed E-state index contributed by atoms with van der Waals surface area (Å²) in [4.78, 5) is 36.2. The lowest BCUT2D eigenvalue weighted by Crippen LogP contribution is -2.57. The Kier molecular flexibility index (Phi) is 7.05. The van der Waals surface area contributed by atoms with Gasteiger partial charge in [0.1, 0.15) is 5.60 Å². The van der Waals surface area contributed by atoms with Crippen LogP contribution >= 0.6 is 0 Å². The van der Waals surface area contributed by atoms with Gasteiger partial charge in [-0.1, -0.05) is 25.3 Å². The maximum Gasteiger partial charge on any atom is 0.408 e. The number of nitrogens with zero attached hydrogens (tertiary/aromatic N) is 1. The van der Waals surface area contributed by atoms with Crippen molar-refractivity contribution < 1.29 is 14.3 Å². The van der Waals surface area contributed by atoms with Crippen molar-refractivity contribution in [2.24, 2.45) is 0 Å². The minimum Gasteiger partial charge on any atom is -0.444 e. The molecular formula is C20H31N3O4. The third-order valence-electron chi connectivity index (χ3n) is 4.68. The summed E-state index contributed by atoms with van der Waals surface area (Å²) in [6.07, 6.45) is 6.19. The quantitative estimate of drug-likeness (QED) is 0.797. The molecule has 2 rings (SSSR count). The first-order chi connectivity index (χ1) is 12.7. The summed E-state index contributed by atoms with van der Waals surface area (Å²) >= 11 is 0. The molecule has 1 heterocycles. The van der Waals surface area contributed by atoms with Gasteiger partial charge < -0.3 is 19.9 Å². The summed E-state index contributed by atoms with van der Waals surface area (Å²) in [5.74, 6) is -0.137. The number of ether oxygens (including phenoxy) is 1. The number of carbonyl (C=O) groups excluding carboxylic acids is 2. The van der Waals surface area contributed by atoms with Crippen LogP contribution in [-0.4, -0.2) is 34.3 Å². The average molecular weight is 377 g/mol. The molecule has 0 aliphatic heterocycles. The van der Waals surface area contributed by atoms with Crippen molar-refractivity contribution in [2.75, 3.05) is 6.54 Å². The number of rotatable bonds is 6. The molecule has 0 atom stereocenters. The highest BCUT2D eigenvalue weighted by Gasteiger charge is 2.35. The Balaban J connectivity index is 1.89. The molecule has 0 bridgehead atoms. The lowest BCUT2D eigenvalue weighted by atomic mass is 9.81. The standard InChI is InChI=1S/C20H31N3O4/c1-19(2,3)27-18(26)22-20(11-6-4-7-12-20)15-21-16(24)10-14-23-13-8-5-9-17(23)25/h5,8-9,13H,4,6-7,10-12,14-15H2,1-3H3,(H,21,24)(H,22,26). The van der Waals surface area contributed by atoms with Crippen LogP contribution in [0.2, 0.25) is 0 Å². The van der Waals surface area contributed by atoms with E-state index in [1.807, 2.05) is 20.8 Å². The van der Waals surface area contributed by atoms with Gasteiger partial charge in [-0.2, -0.15) is 0 Å². The Labute approximate surface area is 160 Å². The molecule has 7 nitrogen and oxygen atoms in total. The number of pyridine rings is 1. The molecule has 0 saturated heterocycles. The van der Waals surface area contributed by atoms with Crippen LogP contribution in [0.25, 0.3) is 0 Å². The van der Waals surface area contributed by atoms with Gasteiger partial charge in [0.25, 0.3) is 5.56 Å². The molecule has 0 spiro atoms. The third kappa shape index (κ3) is 7.07. The van der Waals surface area contributed by atoms with E-state index in [0.717, 1.165) is 32.1 Å². The average Bonchev–Trinajstić information content (AvgIpc) is 2.58. The normalized spacial score (nSPS) is 16.4. The molecule has 0 radical (unpaired) electrons. The molecule has 1 aliphatic rings. The van der Waals surface area contributed by atoms with Crippen LogP contribution in [0.15, 0.2) is 29.2 Å². The molecule has 1 saturated carbocycles. The molecule has 27 heavy (non-hydrogen) atoms. The highest BCUT2D eigenvalue weighted by molar-refractivity contribution is 5.76. The maximum absolute atomic E-state index is 12.3. The molecule has 1 aliphatic carbocycles. The van der Waals surface area contributed by atoms with Crippen molar-refractivity contribution in [2.45, 2.75) is 77.0 Å². The number of hydrogen-bond donors (Lipinski definition) is 2. The van der Waals surface area contributed by atoms with E-state index in [9.17, 15) is 14.4 Å². The van der Waals surface area contributed by atoms with Gasteiger partial charge >= 0.3 is 6.09 Å². The molecule has 7 heteroatoms. The Morgan fingerprint density at radius 2 is 1.89 bits per heavy atom. The van der Waals surface area contributed by atoms with Gasteiger partial charge in [0.15, 0.2) is 0 Å². The van der Waals surface area contributed by atoms with E-state index in [-0.39, 0.29) is 17.9 Å². The summed E-state index contributed by atoms with van der Waals surface area (Å²) in [5, 5.41) is 5.92. The summed E-state index contributed by atoms with van der Waals surface area (Å²) < 4.78 is 6.90. The minimum atomic E-state index is -0.563. The fraction of sp³-hybridized carbons (Fsp3) is 0.650. The highest BCUT2D eigenvalue weighted by Crippen LogP contribution is 2.28. The number of aryl methyl sites for hydroxylation is 1. The fourth-order valence-electron chi connectivity index (χ4n) is 3.32. The van der Waals surface area contributed by atoms with Gasteiger partial charge in [-0.25, -0.2) is 4.79 Å². The first-order valence-electron chi connectivity index (χ1n) is 9.63. The molecule has 0 unspecified atom stereocenters. The fourth-order valence-corrected chi connectivity index (χ4v) is 3.32. The number of nitrogens with one attached hydrogen (secondary N) is 2. The molecule has 0 aromatic carbocycles. The number of hydrogen-bond acceptors (Lipinski definition) is 4. The highest BCUT2D eigenvalue weighted by atomic mass is 16.6. The number of amides is 2. The largest absolute Gasteiger partial charge is 0.444 e. The number of alkyl carbamates (subject to hydrolysis) is 1. The Hall–Kier alpha value is -2.31. The summed E-state index contributed by atoms with van der Waals surface area (Å²) in [5.41, 5.74) is -1.16. The van der Waals surface area contributed by atoms with Crippen molar-refractivity contribution in [1.82, 2.24) is 15.2 Å². The summed E-state index contributed by atoms with van der Waals surface area (Å²) in [6.45, 7) is 6.18. The summed E-state index contributed by atoms with van der Waals surface area (Å²) in [7, 11) is 0. The van der Waals surface area contributed by atoms with Crippen LogP contribution < -0.4 is 16.2 Å². The zero-order valence-corrected chi connectivity index (χ0v) is 16.5. The van der Waals surface area contributed by atoms with Crippen LogP contribution in [0.3, 0.4) is 0 Å². The smallest absolute Gasteiger partial charge is 0.408 e. The van der Waals surface area contributed by atoms with Gasteiger partial charge in [0.2, 0.25) is 5.91 Å². The van der Waals surface area contributed by atoms with Crippen LogP contribution in [0.1, 0.15) is 59.3 Å². The van der Waals surface area contributed by atoms with E-state index < -0.39 is 17.2 Å². The van der Waals surface area contributed by atoms with Gasteiger partial charge in [-0.15, -0.1) is 0 Å². The van der Waals surface area contributed by atoms with E-state index >= 15 is 0 Å². The first-order valence-corrected chi connectivity index (χ1v) is 9.63. The topological polar surface area (TPSA) is 89.4 Å². The predicted octanol–water partition coefficient (Wildman–Crippen LogP) is 2.58. The van der Waals surface area contributed by atoms with Crippen LogP contribution in [0.4, 0.5) is 4.79 Å². The van der Waals surface area contributed by atoms with Crippen LogP contribution in [-0.2, 0) is 16.1 Å². The minimum absolute atomic E-state index is 0.124. The SMILES string of the molecule is CC(C)(C)OC(=O)NC1(CNC(=O)CCn2ccccc2=O)CCCCC1. The van der Waals surface area contributed by atoms with Crippen molar-refractivity contribution >= 4 is 12.0 Å². The Morgan fingerprint density at radius 1 is 1.19 bits per heavy atom. The third-order valence-corrected chi connectivity index (χ3v) is 4.68. The second kappa shape index (κ2) is 9.06. The van der Waals surface area contributed by atoms with Gasteiger partial charge in [0, 0.05) is 31.8 Å². The molecule has 150 valence electrons. The van der Waals surface area contributed by atoms with E-state index in [2.05, 4.69) is 10.6 Å². The predicted molar refractivity (Wildman–Crippen MR) is 104 cm³/mol. The molecule has 2 N–H and O–H groups in total. The summed E-state index contributed by atoms with van der Waals surface area (Å²) in [6, 6.07) is 4.91. The first kappa shape index (κ1) is 21.0. The van der Waals surface area contributed by atoms with E-state index in [1.54, 1.807) is 18.3 Å². The van der Waals surface area contributed by atoms with Crippen molar-refractivity contribution in [3.05, 3.63) is 34.7 Å². The Morgan fingerprint density at radius 3 is 2.52 bits per heavy atom. The lowest BCUT2D eigenvalue weighted by molar-refractivity contribution is -0.121. The van der Waals surface area contributed by atoms with Crippen molar-refractivity contribution in [3.63, 3.8) is 0 Å². The van der Waals surface area contributed by atoms with Gasteiger partial charge in [-0.3, -0.25) is 9.59 Å². The van der Waals surface area contributed by atoms with E-state index in [0.29, 0.717) is 13.1 Å². The second-order valence-corrected chi connectivity index (χ2v) is 8.23. The van der Waals surface area contributed by atoms with Crippen LogP contribution in [0, 0.1) is 0 Å². The van der Waals surface area contributed by atoms with Crippen LogP contribution in [0.5, 0.6) is 0 Å². The number of aromatic nitrogens is 1. The van der Waals surface area contributed by atoms with Gasteiger partial charge in [0.05, 0.1) is 5.54 Å². The van der Waals surface area contributed by atoms with Crippen molar-refractivity contribution in [3.8, 4) is 0 Å². The monoisotopic (exact) mass is 377 g/mol. The van der Waals surface area contributed by atoms with Crippen molar-refractivity contribution in [1.29, 1.82) is 0 Å². The maximum atomic E-state index is 12.3. The molecule has 1 aromatic rings. The van der Waals surface area contributed by atoms with E-state index in [1.165, 1.54) is 10.6 Å². The van der Waals surface area contributed by atoms with Gasteiger partial charge in [-0.05, 0) is 39.7 Å². The molecule has 2 amide bonds. The molecule has 1 aromatic heterocycles. The number of carbonyl (C=O) groups is 2. The molecular weight excluding hydrogens is 346 g/mol.